The molecule has 1 aliphatic rings. The summed E-state index contributed by atoms with van der Waals surface area (Å²) in [6, 6.07) is 7.29. The van der Waals surface area contributed by atoms with E-state index in [9.17, 15) is 13.2 Å². The Hall–Kier alpha value is -1.31. The molecule has 0 spiro atoms. The third-order valence-corrected chi connectivity index (χ3v) is 6.16. The van der Waals surface area contributed by atoms with Gasteiger partial charge in [0.15, 0.2) is 14.6 Å². The Morgan fingerprint density at radius 3 is 2.30 bits per heavy atom. The van der Waals surface area contributed by atoms with Crippen LogP contribution in [0.3, 0.4) is 0 Å². The van der Waals surface area contributed by atoms with E-state index >= 15 is 0 Å². The van der Waals surface area contributed by atoms with Gasteiger partial charge in [0.05, 0.1) is 7.11 Å². The number of ether oxygens (including phenoxy) is 1. The Kier molecular flexibility index (Phi) is 6.85. The van der Waals surface area contributed by atoms with Gasteiger partial charge in [-0.2, -0.15) is 0 Å². The smallest absolute Gasteiger partial charge is 0.241 e. The van der Waals surface area contributed by atoms with Crippen LogP contribution in [0.25, 0.3) is 0 Å². The minimum Gasteiger partial charge on any atom is -0.497 e. The molecule has 1 saturated heterocycles. The van der Waals surface area contributed by atoms with Crippen LogP contribution in [0.5, 0.6) is 5.75 Å². The van der Waals surface area contributed by atoms with Crippen molar-refractivity contribution in [1.82, 2.24) is 10.6 Å². The molecule has 6 nitrogen and oxygen atoms in total. The number of nitrogens with one attached hydrogen (secondary N) is 2. The molecule has 23 heavy (non-hydrogen) atoms. The number of benzene rings is 1. The van der Waals surface area contributed by atoms with Crippen LogP contribution in [0, 0.1) is 0 Å². The molecule has 1 amide bonds. The number of sulfone groups is 1. The number of hydrogen-bond donors (Lipinski definition) is 2. The molecule has 0 saturated carbocycles. The fourth-order valence-corrected chi connectivity index (χ4v) is 4.04. The lowest BCUT2D eigenvalue weighted by atomic mass is 9.95. The quantitative estimate of drug-likeness (QED) is 0.813. The zero-order chi connectivity index (χ0) is 16.2. The lowest BCUT2D eigenvalue weighted by Gasteiger charge is -2.34. The first-order valence-corrected chi connectivity index (χ1v) is 9.10. The molecular formula is C15H23ClN2O4S. The maximum Gasteiger partial charge on any atom is 0.241 e. The van der Waals surface area contributed by atoms with Crippen LogP contribution in [0.15, 0.2) is 24.3 Å². The van der Waals surface area contributed by atoms with E-state index < -0.39 is 20.5 Å². The maximum atomic E-state index is 12.5. The molecule has 0 aromatic heterocycles. The van der Waals surface area contributed by atoms with Crippen LogP contribution in [-0.2, 0) is 21.2 Å². The van der Waals surface area contributed by atoms with Crippen molar-refractivity contribution in [3.63, 3.8) is 0 Å². The molecule has 8 heteroatoms. The molecule has 0 atom stereocenters. The monoisotopic (exact) mass is 362 g/mol. The van der Waals surface area contributed by atoms with Crippen molar-refractivity contribution in [2.75, 3.05) is 26.5 Å². The Bertz CT molecular complexity index is 625. The van der Waals surface area contributed by atoms with Gasteiger partial charge < -0.3 is 15.4 Å². The minimum absolute atomic E-state index is 0. The maximum absolute atomic E-state index is 12.5. The molecule has 1 fully saturated rings. The summed E-state index contributed by atoms with van der Waals surface area (Å²) in [6.45, 7) is 1.36. The highest BCUT2D eigenvalue weighted by atomic mass is 35.5. The van der Waals surface area contributed by atoms with Gasteiger partial charge in [-0.1, -0.05) is 12.1 Å². The largest absolute Gasteiger partial charge is 0.497 e. The molecule has 1 aromatic rings. The molecule has 0 radical (unpaired) electrons. The number of carbonyl (C=O) groups is 1. The van der Waals surface area contributed by atoms with Crippen LogP contribution in [0.4, 0.5) is 0 Å². The van der Waals surface area contributed by atoms with Crippen LogP contribution >= 0.6 is 12.4 Å². The lowest BCUT2D eigenvalue weighted by Crippen LogP contribution is -2.57. The summed E-state index contributed by atoms with van der Waals surface area (Å²) in [7, 11) is -1.89. The van der Waals surface area contributed by atoms with Crippen molar-refractivity contribution in [2.45, 2.75) is 24.1 Å². The topological polar surface area (TPSA) is 84.5 Å². The zero-order valence-electron chi connectivity index (χ0n) is 13.3. The zero-order valence-corrected chi connectivity index (χ0v) is 14.9. The first-order chi connectivity index (χ1) is 10.4. The molecule has 0 bridgehead atoms. The van der Waals surface area contributed by atoms with Crippen LogP contribution in [0.2, 0.25) is 0 Å². The van der Waals surface area contributed by atoms with Gasteiger partial charge in [0.2, 0.25) is 5.91 Å². The van der Waals surface area contributed by atoms with E-state index in [0.29, 0.717) is 32.5 Å². The van der Waals surface area contributed by atoms with E-state index in [2.05, 4.69) is 10.6 Å². The van der Waals surface area contributed by atoms with E-state index in [1.807, 2.05) is 12.1 Å². The van der Waals surface area contributed by atoms with Crippen molar-refractivity contribution in [2.24, 2.45) is 0 Å². The summed E-state index contributed by atoms with van der Waals surface area (Å²) in [5, 5.41) is 5.86. The summed E-state index contributed by atoms with van der Waals surface area (Å²) in [6.07, 6.45) is 1.76. The lowest BCUT2D eigenvalue weighted by molar-refractivity contribution is -0.124. The number of methoxy groups -OCH3 is 1. The number of piperidine rings is 1. The standard InChI is InChI=1S/C15H22N2O4S.ClH/c1-21-13-5-3-12(4-6-13)11-17-14(18)15(22(2,19)20)7-9-16-10-8-15;/h3-6,16H,7-11H2,1-2H3,(H,17,18);1H. The van der Waals surface area contributed by atoms with E-state index in [4.69, 9.17) is 4.74 Å². The molecular weight excluding hydrogens is 340 g/mol. The molecule has 0 unspecified atom stereocenters. The first-order valence-electron chi connectivity index (χ1n) is 7.20. The van der Waals surface area contributed by atoms with Crippen molar-refractivity contribution >= 4 is 28.2 Å². The van der Waals surface area contributed by atoms with Gasteiger partial charge in [0.25, 0.3) is 0 Å². The summed E-state index contributed by atoms with van der Waals surface area (Å²) < 4.78 is 28.0. The Morgan fingerprint density at radius 1 is 1.26 bits per heavy atom. The highest BCUT2D eigenvalue weighted by Gasteiger charge is 2.48. The van der Waals surface area contributed by atoms with E-state index in [1.165, 1.54) is 0 Å². The second kappa shape index (κ2) is 7.99. The third-order valence-electron chi connectivity index (χ3n) is 4.15. The highest BCUT2D eigenvalue weighted by Crippen LogP contribution is 2.28. The molecule has 1 aliphatic heterocycles. The van der Waals surface area contributed by atoms with E-state index in [0.717, 1.165) is 17.6 Å². The van der Waals surface area contributed by atoms with Crippen molar-refractivity contribution in [1.29, 1.82) is 0 Å². The average Bonchev–Trinajstić information content (AvgIpc) is 2.52. The van der Waals surface area contributed by atoms with Gasteiger partial charge in [-0.25, -0.2) is 8.42 Å². The fourth-order valence-electron chi connectivity index (χ4n) is 2.68. The first kappa shape index (κ1) is 19.7. The van der Waals surface area contributed by atoms with Gasteiger partial charge in [-0.15, -0.1) is 12.4 Å². The number of amides is 1. The van der Waals surface area contributed by atoms with Crippen LogP contribution < -0.4 is 15.4 Å². The summed E-state index contributed by atoms with van der Waals surface area (Å²) in [4.78, 5) is 12.5. The SMILES string of the molecule is COc1ccc(CNC(=O)C2(S(C)(=O)=O)CCNCC2)cc1.Cl. The van der Waals surface area contributed by atoms with Gasteiger partial charge >= 0.3 is 0 Å². The summed E-state index contributed by atoms with van der Waals surface area (Å²) in [5.41, 5.74) is 0.895. The molecule has 1 aromatic carbocycles. The number of rotatable bonds is 5. The molecule has 2 rings (SSSR count). The number of hydrogen-bond acceptors (Lipinski definition) is 5. The highest BCUT2D eigenvalue weighted by molar-refractivity contribution is 7.92. The van der Waals surface area contributed by atoms with Crippen LogP contribution in [-0.4, -0.2) is 45.5 Å². The third kappa shape index (κ3) is 4.37. The van der Waals surface area contributed by atoms with Gasteiger partial charge in [0.1, 0.15) is 5.75 Å². The van der Waals surface area contributed by atoms with Crippen LogP contribution in [0.1, 0.15) is 18.4 Å². The van der Waals surface area contributed by atoms with E-state index in [-0.39, 0.29) is 12.4 Å². The van der Waals surface area contributed by atoms with Crippen molar-refractivity contribution < 1.29 is 17.9 Å². The van der Waals surface area contributed by atoms with Crippen molar-refractivity contribution in [3.05, 3.63) is 29.8 Å². The van der Waals surface area contributed by atoms with Crippen molar-refractivity contribution in [3.8, 4) is 5.75 Å². The van der Waals surface area contributed by atoms with E-state index in [1.54, 1.807) is 19.2 Å². The molecule has 1 heterocycles. The van der Waals surface area contributed by atoms with Gasteiger partial charge in [0, 0.05) is 12.8 Å². The molecule has 2 N–H and O–H groups in total. The molecule has 130 valence electrons. The predicted molar refractivity (Wildman–Crippen MR) is 91.8 cm³/mol. The molecule has 0 aliphatic carbocycles. The second-order valence-electron chi connectivity index (χ2n) is 5.55. The Balaban J connectivity index is 0.00000264. The predicted octanol–water partition coefficient (Wildman–Crippen LogP) is 0.900. The number of halogens is 1. The van der Waals surface area contributed by atoms with Gasteiger partial charge in [-0.05, 0) is 43.6 Å². The summed E-state index contributed by atoms with van der Waals surface area (Å²) >= 11 is 0. The average molecular weight is 363 g/mol. The fraction of sp³-hybridized carbons (Fsp3) is 0.533. The summed E-state index contributed by atoms with van der Waals surface area (Å²) in [5.74, 6) is 0.327. The second-order valence-corrected chi connectivity index (χ2v) is 7.87. The normalized spacial score (nSPS) is 17.0. The number of carbonyl (C=O) groups excluding carboxylic acids is 1. The Morgan fingerprint density at radius 2 is 1.83 bits per heavy atom. The van der Waals surface area contributed by atoms with Gasteiger partial charge in [-0.3, -0.25) is 4.79 Å². The Labute approximate surface area is 143 Å². The minimum atomic E-state index is -3.47.